The second kappa shape index (κ2) is 5.78. The molecule has 118 valence electrons. The summed E-state index contributed by atoms with van der Waals surface area (Å²) < 4.78 is 1.15. The monoisotopic (exact) mass is 411 g/mol. The first-order chi connectivity index (χ1) is 10.6. The van der Waals surface area contributed by atoms with E-state index in [-0.39, 0.29) is 5.91 Å². The van der Waals surface area contributed by atoms with Gasteiger partial charge in [0, 0.05) is 28.5 Å². The lowest BCUT2D eigenvalue weighted by atomic mass is 9.53. The van der Waals surface area contributed by atoms with Crippen LogP contribution in [0, 0.1) is 21.3 Å². The normalized spacial score (nSPS) is 35.6. The molecule has 4 fully saturated rings. The number of amides is 1. The average Bonchev–Trinajstić information content (AvgIpc) is 2.44. The van der Waals surface area contributed by atoms with Gasteiger partial charge in [0.1, 0.15) is 0 Å². The van der Waals surface area contributed by atoms with Crippen molar-refractivity contribution in [3.63, 3.8) is 0 Å². The van der Waals surface area contributed by atoms with Gasteiger partial charge in [-0.2, -0.15) is 0 Å². The molecule has 4 saturated carbocycles. The molecule has 3 N–H and O–H groups in total. The molecule has 4 aliphatic carbocycles. The molecule has 0 spiro atoms. The van der Waals surface area contributed by atoms with E-state index in [0.717, 1.165) is 27.0 Å². The molecule has 1 aromatic rings. The molecule has 0 radical (unpaired) electrons. The maximum atomic E-state index is 12.3. The number of carbonyl (C=O) groups is 1. The first kappa shape index (κ1) is 14.9. The molecule has 0 saturated heterocycles. The standard InChI is InChI=1S/C18H23IN2O/c19-15-2-1-3-16(7-15)21-17(22)11-20-18-8-12-4-13(9-18)6-14(5-12)10-18/h1-3,7,12-14,20H,4-6,8-11H2,(H,21,22)/p+1. The summed E-state index contributed by atoms with van der Waals surface area (Å²) in [7, 11) is 0. The number of rotatable bonds is 4. The minimum absolute atomic E-state index is 0.137. The number of hydrogen-bond acceptors (Lipinski definition) is 1. The zero-order valence-corrected chi connectivity index (χ0v) is 15.0. The molecule has 0 aromatic heterocycles. The molecule has 4 heteroatoms. The molecule has 0 aliphatic heterocycles. The van der Waals surface area contributed by atoms with Crippen molar-refractivity contribution in [1.29, 1.82) is 0 Å². The van der Waals surface area contributed by atoms with E-state index in [2.05, 4.69) is 33.2 Å². The minimum Gasteiger partial charge on any atom is -0.334 e. The average molecular weight is 411 g/mol. The molecule has 0 unspecified atom stereocenters. The van der Waals surface area contributed by atoms with E-state index in [1.54, 1.807) is 0 Å². The maximum absolute atomic E-state index is 12.3. The van der Waals surface area contributed by atoms with Crippen molar-refractivity contribution in [1.82, 2.24) is 0 Å². The Balaban J connectivity index is 1.35. The Morgan fingerprint density at radius 2 is 1.82 bits per heavy atom. The Morgan fingerprint density at radius 1 is 1.18 bits per heavy atom. The van der Waals surface area contributed by atoms with Crippen molar-refractivity contribution in [2.75, 3.05) is 11.9 Å². The van der Waals surface area contributed by atoms with Gasteiger partial charge in [-0.25, -0.2) is 0 Å². The Bertz CT molecular complexity index is 551. The SMILES string of the molecule is O=C(C[NH2+]C12CC3CC(CC(C3)C1)C2)Nc1cccc(I)c1. The molecule has 4 bridgehead atoms. The molecule has 0 heterocycles. The summed E-state index contributed by atoms with van der Waals surface area (Å²) in [6.45, 7) is 0.567. The molecular weight excluding hydrogens is 387 g/mol. The molecule has 3 nitrogen and oxygen atoms in total. The van der Waals surface area contributed by atoms with Gasteiger partial charge in [-0.3, -0.25) is 4.79 Å². The fraction of sp³-hybridized carbons (Fsp3) is 0.611. The summed E-state index contributed by atoms with van der Waals surface area (Å²) in [5.41, 5.74) is 1.30. The van der Waals surface area contributed by atoms with E-state index in [0.29, 0.717) is 12.1 Å². The lowest BCUT2D eigenvalue weighted by Crippen LogP contribution is -3.00. The first-order valence-corrected chi connectivity index (χ1v) is 9.58. The Labute approximate surface area is 145 Å². The van der Waals surface area contributed by atoms with E-state index in [1.807, 2.05) is 24.3 Å². The third-order valence-electron chi connectivity index (χ3n) is 5.91. The van der Waals surface area contributed by atoms with Gasteiger partial charge in [-0.05, 0) is 77.8 Å². The maximum Gasteiger partial charge on any atom is 0.279 e. The highest BCUT2D eigenvalue weighted by Gasteiger charge is 2.53. The lowest BCUT2D eigenvalue weighted by Gasteiger charge is -2.54. The summed E-state index contributed by atoms with van der Waals surface area (Å²) >= 11 is 2.27. The van der Waals surface area contributed by atoms with Crippen LogP contribution >= 0.6 is 22.6 Å². The van der Waals surface area contributed by atoms with Crippen LogP contribution in [0.3, 0.4) is 0 Å². The van der Waals surface area contributed by atoms with Gasteiger partial charge in [-0.15, -0.1) is 0 Å². The number of benzene rings is 1. The summed E-state index contributed by atoms with van der Waals surface area (Å²) in [6.07, 6.45) is 8.41. The summed E-state index contributed by atoms with van der Waals surface area (Å²) in [5.74, 6) is 2.97. The minimum atomic E-state index is 0.137. The molecule has 5 rings (SSSR count). The Morgan fingerprint density at radius 3 is 2.41 bits per heavy atom. The largest absolute Gasteiger partial charge is 0.334 e. The van der Waals surface area contributed by atoms with Crippen LogP contribution in [0.4, 0.5) is 5.69 Å². The predicted octanol–water partition coefficient (Wildman–Crippen LogP) is 2.76. The van der Waals surface area contributed by atoms with E-state index < -0.39 is 0 Å². The first-order valence-electron chi connectivity index (χ1n) is 8.50. The van der Waals surface area contributed by atoms with Crippen molar-refractivity contribution in [2.24, 2.45) is 17.8 Å². The molecule has 22 heavy (non-hydrogen) atoms. The van der Waals surface area contributed by atoms with Crippen molar-refractivity contribution in [3.05, 3.63) is 27.8 Å². The van der Waals surface area contributed by atoms with Crippen molar-refractivity contribution >= 4 is 34.2 Å². The van der Waals surface area contributed by atoms with Gasteiger partial charge in [-0.1, -0.05) is 6.07 Å². The summed E-state index contributed by atoms with van der Waals surface area (Å²) in [4.78, 5) is 12.3. The Hall–Kier alpha value is -0.620. The Kier molecular flexibility index (Phi) is 3.93. The second-order valence-corrected chi connectivity index (χ2v) is 8.99. The highest BCUT2D eigenvalue weighted by Crippen LogP contribution is 2.54. The predicted molar refractivity (Wildman–Crippen MR) is 95.5 cm³/mol. The second-order valence-electron chi connectivity index (χ2n) is 7.75. The highest BCUT2D eigenvalue weighted by atomic mass is 127. The van der Waals surface area contributed by atoms with E-state index in [4.69, 9.17) is 0 Å². The van der Waals surface area contributed by atoms with Crippen LogP contribution in [0.2, 0.25) is 0 Å². The van der Waals surface area contributed by atoms with Gasteiger partial charge in [0.05, 0.1) is 5.54 Å². The third kappa shape index (κ3) is 3.04. The van der Waals surface area contributed by atoms with Crippen LogP contribution in [0.5, 0.6) is 0 Å². The van der Waals surface area contributed by atoms with E-state index >= 15 is 0 Å². The molecule has 1 aromatic carbocycles. The van der Waals surface area contributed by atoms with Gasteiger partial charge in [0.25, 0.3) is 5.91 Å². The number of quaternary nitrogens is 1. The van der Waals surface area contributed by atoms with Gasteiger partial charge in [0.15, 0.2) is 6.54 Å². The highest BCUT2D eigenvalue weighted by molar-refractivity contribution is 14.1. The van der Waals surface area contributed by atoms with Crippen LogP contribution in [-0.2, 0) is 4.79 Å². The van der Waals surface area contributed by atoms with Crippen molar-refractivity contribution in [2.45, 2.75) is 44.1 Å². The fourth-order valence-electron chi connectivity index (χ4n) is 5.52. The van der Waals surface area contributed by atoms with Crippen LogP contribution in [0.25, 0.3) is 0 Å². The number of halogens is 1. The zero-order chi connectivity index (χ0) is 15.2. The van der Waals surface area contributed by atoms with Gasteiger partial charge < -0.3 is 10.6 Å². The van der Waals surface area contributed by atoms with Crippen molar-refractivity contribution in [3.8, 4) is 0 Å². The molecule has 4 aliphatic rings. The van der Waals surface area contributed by atoms with E-state index in [9.17, 15) is 4.79 Å². The van der Waals surface area contributed by atoms with Crippen molar-refractivity contribution < 1.29 is 10.1 Å². The van der Waals surface area contributed by atoms with Crippen LogP contribution in [0.15, 0.2) is 24.3 Å². The quantitative estimate of drug-likeness (QED) is 0.736. The van der Waals surface area contributed by atoms with Crippen LogP contribution in [0.1, 0.15) is 38.5 Å². The zero-order valence-electron chi connectivity index (χ0n) is 12.9. The number of carbonyl (C=O) groups excluding carboxylic acids is 1. The molecular formula is C18H24IN2O+. The summed E-state index contributed by atoms with van der Waals surface area (Å²) in [6, 6.07) is 8.01. The topological polar surface area (TPSA) is 45.7 Å². The van der Waals surface area contributed by atoms with E-state index in [1.165, 1.54) is 38.5 Å². The number of hydrogen-bond donors (Lipinski definition) is 2. The van der Waals surface area contributed by atoms with Gasteiger partial charge >= 0.3 is 0 Å². The van der Waals surface area contributed by atoms with Crippen LogP contribution in [-0.4, -0.2) is 18.0 Å². The lowest BCUT2D eigenvalue weighted by molar-refractivity contribution is -0.729. The molecule has 1 amide bonds. The summed E-state index contributed by atoms with van der Waals surface area (Å²) in [5, 5.41) is 5.42. The number of nitrogens with one attached hydrogen (secondary N) is 1. The number of nitrogens with two attached hydrogens (primary N) is 1. The third-order valence-corrected chi connectivity index (χ3v) is 6.59. The van der Waals surface area contributed by atoms with Crippen LogP contribution < -0.4 is 10.6 Å². The molecule has 0 atom stereocenters. The van der Waals surface area contributed by atoms with Gasteiger partial charge in [0.2, 0.25) is 0 Å². The number of anilines is 1. The fourth-order valence-corrected chi connectivity index (χ4v) is 6.06. The smallest absolute Gasteiger partial charge is 0.279 e.